The summed E-state index contributed by atoms with van der Waals surface area (Å²) >= 11 is 5.42. The monoisotopic (exact) mass is 256 g/mol. The predicted octanol–water partition coefficient (Wildman–Crippen LogP) is -0.489. The molecule has 0 bridgehead atoms. The molecule has 1 atom stereocenters. The van der Waals surface area contributed by atoms with Gasteiger partial charge in [0.1, 0.15) is 5.56 Å². The summed E-state index contributed by atoms with van der Waals surface area (Å²) in [6.45, 7) is 3.17. The summed E-state index contributed by atoms with van der Waals surface area (Å²) in [4.78, 5) is 2.10. The van der Waals surface area contributed by atoms with E-state index in [0.29, 0.717) is 39.1 Å². The van der Waals surface area contributed by atoms with Gasteiger partial charge >= 0.3 is 0 Å². The van der Waals surface area contributed by atoms with Crippen LogP contribution < -0.4 is 0 Å². The highest BCUT2D eigenvalue weighted by atomic mass is 35.5. The molecule has 0 saturated carbocycles. The third kappa shape index (κ3) is 4.65. The number of aliphatic hydroxyl groups excluding tert-OH is 1. The van der Waals surface area contributed by atoms with Crippen LogP contribution in [-0.4, -0.2) is 67.3 Å². The molecule has 7 heteroatoms. The molecule has 0 spiro atoms. The first kappa shape index (κ1) is 13.2. The minimum Gasteiger partial charge on any atom is -0.378 e. The molecule has 15 heavy (non-hydrogen) atoms. The number of alkyl halides is 1. The van der Waals surface area contributed by atoms with Crippen LogP contribution >= 0.6 is 11.6 Å². The summed E-state index contributed by atoms with van der Waals surface area (Å²) in [6, 6.07) is 0. The molecule has 0 aliphatic carbocycles. The summed E-state index contributed by atoms with van der Waals surface area (Å²) in [5.74, 6) is 0. The van der Waals surface area contributed by atoms with Crippen LogP contribution in [0.4, 0.5) is 0 Å². The molecule has 0 amide bonds. The number of sulfonamides is 1. The van der Waals surface area contributed by atoms with Gasteiger partial charge in [-0.15, -0.1) is 0 Å². The van der Waals surface area contributed by atoms with Crippen LogP contribution in [0, 0.1) is 0 Å². The first-order valence-electron chi connectivity index (χ1n) is 4.89. The molecule has 1 unspecified atom stereocenters. The fourth-order valence-electron chi connectivity index (χ4n) is 1.57. The zero-order valence-electron chi connectivity index (χ0n) is 8.76. The van der Waals surface area contributed by atoms with Gasteiger partial charge in [0.25, 0.3) is 0 Å². The van der Waals surface area contributed by atoms with Crippen LogP contribution in [-0.2, 0) is 10.0 Å². The van der Waals surface area contributed by atoms with E-state index < -0.39 is 15.6 Å². The number of halogens is 1. The molecule has 1 fully saturated rings. The molecule has 1 heterocycles. The Hall–Kier alpha value is 0.120. The van der Waals surface area contributed by atoms with Crippen molar-refractivity contribution in [1.29, 1.82) is 0 Å². The van der Waals surface area contributed by atoms with Crippen molar-refractivity contribution in [1.82, 2.24) is 9.21 Å². The average molecular weight is 257 g/mol. The quantitative estimate of drug-likeness (QED) is 0.690. The smallest absolute Gasteiger partial charge is 0.211 e. The molecule has 1 rings (SSSR count). The van der Waals surface area contributed by atoms with Crippen molar-refractivity contribution in [2.45, 2.75) is 12.0 Å². The van der Waals surface area contributed by atoms with Gasteiger partial charge in [0, 0.05) is 39.1 Å². The second kappa shape index (κ2) is 5.45. The average Bonchev–Trinajstić information content (AvgIpc) is 2.14. The fraction of sp³-hybridized carbons (Fsp3) is 1.00. The van der Waals surface area contributed by atoms with Crippen molar-refractivity contribution in [2.75, 3.05) is 39.0 Å². The second-order valence-corrected chi connectivity index (χ2v) is 6.21. The lowest BCUT2D eigenvalue weighted by Crippen LogP contribution is -2.48. The van der Waals surface area contributed by atoms with Gasteiger partial charge in [-0.1, -0.05) is 11.6 Å². The van der Waals surface area contributed by atoms with Gasteiger partial charge in [-0.25, -0.2) is 8.42 Å². The number of hydrogen-bond acceptors (Lipinski definition) is 4. The van der Waals surface area contributed by atoms with Gasteiger partial charge in [0.05, 0.1) is 6.26 Å². The van der Waals surface area contributed by atoms with Crippen molar-refractivity contribution >= 4 is 21.6 Å². The molecule has 1 aliphatic rings. The van der Waals surface area contributed by atoms with Gasteiger partial charge in [0.15, 0.2) is 0 Å². The molecule has 5 nitrogen and oxygen atoms in total. The van der Waals surface area contributed by atoms with Crippen molar-refractivity contribution in [3.8, 4) is 0 Å². The fourth-order valence-corrected chi connectivity index (χ4v) is 2.50. The molecule has 0 aromatic carbocycles. The van der Waals surface area contributed by atoms with E-state index in [4.69, 9.17) is 16.7 Å². The number of piperazine rings is 1. The van der Waals surface area contributed by atoms with E-state index in [1.54, 1.807) is 0 Å². The third-order valence-electron chi connectivity index (χ3n) is 2.48. The van der Waals surface area contributed by atoms with Gasteiger partial charge in [-0.2, -0.15) is 4.31 Å². The molecule has 1 N–H and O–H groups in total. The maximum absolute atomic E-state index is 11.2. The van der Waals surface area contributed by atoms with E-state index in [9.17, 15) is 8.42 Å². The first-order valence-corrected chi connectivity index (χ1v) is 7.17. The van der Waals surface area contributed by atoms with Crippen molar-refractivity contribution in [2.24, 2.45) is 0 Å². The lowest BCUT2D eigenvalue weighted by atomic mass is 10.3. The van der Waals surface area contributed by atoms with Crippen LogP contribution in [0.25, 0.3) is 0 Å². The highest BCUT2D eigenvalue weighted by molar-refractivity contribution is 7.88. The minimum atomic E-state index is -3.05. The second-order valence-electron chi connectivity index (χ2n) is 3.73. The Labute approximate surface area is 95.7 Å². The lowest BCUT2D eigenvalue weighted by Gasteiger charge is -2.33. The molecular weight excluding hydrogens is 240 g/mol. The lowest BCUT2D eigenvalue weighted by molar-refractivity contribution is 0.161. The summed E-state index contributed by atoms with van der Waals surface area (Å²) in [5, 5.41) is 8.90. The Morgan fingerprint density at radius 1 is 1.33 bits per heavy atom. The van der Waals surface area contributed by atoms with Crippen LogP contribution in [0.5, 0.6) is 0 Å². The third-order valence-corrected chi connectivity index (χ3v) is 4.01. The Morgan fingerprint density at radius 3 is 2.27 bits per heavy atom. The summed E-state index contributed by atoms with van der Waals surface area (Å²) in [5.41, 5.74) is -0.807. The number of rotatable bonds is 4. The van der Waals surface area contributed by atoms with Gasteiger partial charge in [-0.3, -0.25) is 0 Å². The van der Waals surface area contributed by atoms with Crippen LogP contribution in [0.15, 0.2) is 0 Å². The highest BCUT2D eigenvalue weighted by Crippen LogP contribution is 2.07. The van der Waals surface area contributed by atoms with E-state index >= 15 is 0 Å². The Bertz CT molecular complexity index is 286. The maximum atomic E-state index is 11.2. The Kier molecular flexibility index (Phi) is 4.79. The molecule has 1 saturated heterocycles. The van der Waals surface area contributed by atoms with Crippen molar-refractivity contribution in [3.63, 3.8) is 0 Å². The Morgan fingerprint density at radius 2 is 1.87 bits per heavy atom. The molecule has 1 aliphatic heterocycles. The number of aliphatic hydroxyl groups is 1. The van der Waals surface area contributed by atoms with E-state index in [1.165, 1.54) is 10.6 Å². The normalized spacial score (nSPS) is 22.9. The standard InChI is InChI=1S/C8H17ClN2O3S/c1-15(13,14)11-6-4-10(5-7-11)3-2-8(9)12/h8,12H,2-7H2,1H3. The van der Waals surface area contributed by atoms with Crippen molar-refractivity contribution in [3.05, 3.63) is 0 Å². The zero-order chi connectivity index (χ0) is 11.5. The van der Waals surface area contributed by atoms with E-state index in [0.717, 1.165) is 0 Å². The molecule has 90 valence electrons. The summed E-state index contributed by atoms with van der Waals surface area (Å²) < 4.78 is 23.9. The van der Waals surface area contributed by atoms with E-state index in [1.807, 2.05) is 0 Å². The molecule has 0 aromatic heterocycles. The van der Waals surface area contributed by atoms with E-state index in [-0.39, 0.29) is 0 Å². The largest absolute Gasteiger partial charge is 0.378 e. The summed E-state index contributed by atoms with van der Waals surface area (Å²) in [7, 11) is -3.05. The predicted molar refractivity (Wildman–Crippen MR) is 59.3 cm³/mol. The van der Waals surface area contributed by atoms with Crippen LogP contribution in [0.1, 0.15) is 6.42 Å². The van der Waals surface area contributed by atoms with Gasteiger partial charge in [0.2, 0.25) is 10.0 Å². The maximum Gasteiger partial charge on any atom is 0.211 e. The Balaban J connectivity index is 2.30. The zero-order valence-corrected chi connectivity index (χ0v) is 10.3. The molecule has 0 aromatic rings. The van der Waals surface area contributed by atoms with Crippen LogP contribution in [0.2, 0.25) is 0 Å². The first-order chi connectivity index (χ1) is 6.89. The topological polar surface area (TPSA) is 60.9 Å². The molecule has 0 radical (unpaired) electrons. The highest BCUT2D eigenvalue weighted by Gasteiger charge is 2.23. The summed E-state index contributed by atoms with van der Waals surface area (Å²) in [6.07, 6.45) is 1.74. The minimum absolute atomic E-state index is 0.514. The number of nitrogens with zero attached hydrogens (tertiary/aromatic N) is 2. The van der Waals surface area contributed by atoms with Gasteiger partial charge < -0.3 is 10.0 Å². The van der Waals surface area contributed by atoms with E-state index in [2.05, 4.69) is 4.90 Å². The van der Waals surface area contributed by atoms with Crippen LogP contribution in [0.3, 0.4) is 0 Å². The van der Waals surface area contributed by atoms with Gasteiger partial charge in [-0.05, 0) is 0 Å². The number of hydrogen-bond donors (Lipinski definition) is 1. The van der Waals surface area contributed by atoms with Crippen molar-refractivity contribution < 1.29 is 13.5 Å². The SMILES string of the molecule is CS(=O)(=O)N1CCN(CCC(O)Cl)CC1. The molecular formula is C8H17ClN2O3S.